The molecule has 0 aliphatic rings. The number of carbonyl (C=O) groups is 3. The number of benzene rings is 2. The van der Waals surface area contributed by atoms with Gasteiger partial charge in [-0.1, -0.05) is 74.5 Å². The van der Waals surface area contributed by atoms with Gasteiger partial charge in [0.1, 0.15) is 12.0 Å². The lowest BCUT2D eigenvalue weighted by molar-refractivity contribution is -0.151. The predicted octanol–water partition coefficient (Wildman–Crippen LogP) is 3.19. The van der Waals surface area contributed by atoms with Crippen molar-refractivity contribution in [3.63, 3.8) is 0 Å². The van der Waals surface area contributed by atoms with E-state index in [0.717, 1.165) is 11.1 Å². The third-order valence-corrected chi connectivity index (χ3v) is 4.76. The number of carbonyl (C=O) groups excluding carboxylic acids is 3. The van der Waals surface area contributed by atoms with E-state index in [9.17, 15) is 14.4 Å². The molecule has 7 nitrogen and oxygen atoms in total. The molecule has 2 rings (SSSR count). The zero-order valence-corrected chi connectivity index (χ0v) is 18.9. The molecule has 0 saturated heterocycles. The van der Waals surface area contributed by atoms with E-state index in [1.807, 2.05) is 74.5 Å². The molecule has 0 aromatic heterocycles. The SMILES string of the molecule is CCOC(=O)[C@@H](CC(C)C)NC(=O)C(Cc1ccccc1)C(=O)NOCc1ccccc1. The first-order chi connectivity index (χ1) is 15.4. The fourth-order valence-corrected chi connectivity index (χ4v) is 3.19. The molecule has 172 valence electrons. The van der Waals surface area contributed by atoms with E-state index in [-0.39, 0.29) is 25.6 Å². The van der Waals surface area contributed by atoms with Crippen molar-refractivity contribution in [2.75, 3.05) is 6.61 Å². The van der Waals surface area contributed by atoms with Crippen molar-refractivity contribution in [3.05, 3.63) is 71.8 Å². The predicted molar refractivity (Wildman–Crippen MR) is 121 cm³/mol. The van der Waals surface area contributed by atoms with Crippen LogP contribution in [0.5, 0.6) is 0 Å². The topological polar surface area (TPSA) is 93.7 Å². The van der Waals surface area contributed by atoms with Gasteiger partial charge in [-0.25, -0.2) is 10.3 Å². The number of hydrogen-bond acceptors (Lipinski definition) is 5. The van der Waals surface area contributed by atoms with E-state index in [2.05, 4.69) is 10.8 Å². The molecule has 32 heavy (non-hydrogen) atoms. The molecule has 0 fully saturated rings. The summed E-state index contributed by atoms with van der Waals surface area (Å²) in [6.07, 6.45) is 0.583. The molecule has 2 atom stereocenters. The van der Waals surface area contributed by atoms with Gasteiger partial charge in [0, 0.05) is 0 Å². The number of hydroxylamine groups is 1. The first-order valence-electron chi connectivity index (χ1n) is 10.9. The Labute approximate surface area is 189 Å². The van der Waals surface area contributed by atoms with Crippen LogP contribution in [0.3, 0.4) is 0 Å². The molecule has 0 aliphatic heterocycles. The standard InChI is InChI=1S/C25H32N2O5/c1-4-31-25(30)22(15-18(2)3)26-23(28)21(16-19-11-7-5-8-12-19)24(29)27-32-17-20-13-9-6-10-14-20/h5-14,18,21-22H,4,15-17H2,1-3H3,(H,26,28)(H,27,29)/t21?,22-/m1/s1. The third kappa shape index (κ3) is 8.51. The van der Waals surface area contributed by atoms with Crippen molar-refractivity contribution < 1.29 is 24.0 Å². The maximum Gasteiger partial charge on any atom is 0.328 e. The second kappa shape index (κ2) is 13.3. The van der Waals surface area contributed by atoms with Crippen LogP contribution in [0.1, 0.15) is 38.3 Å². The Kier molecular flexibility index (Phi) is 10.4. The molecule has 0 spiro atoms. The first-order valence-corrected chi connectivity index (χ1v) is 10.9. The zero-order chi connectivity index (χ0) is 23.3. The zero-order valence-electron chi connectivity index (χ0n) is 18.9. The quantitative estimate of drug-likeness (QED) is 0.300. The number of hydrogen-bond donors (Lipinski definition) is 2. The summed E-state index contributed by atoms with van der Waals surface area (Å²) in [4.78, 5) is 43.6. The summed E-state index contributed by atoms with van der Waals surface area (Å²) < 4.78 is 5.10. The Bertz CT molecular complexity index is 855. The Morgan fingerprint density at radius 2 is 1.47 bits per heavy atom. The normalized spacial score (nSPS) is 12.6. The van der Waals surface area contributed by atoms with Gasteiger partial charge in [0.15, 0.2) is 0 Å². The van der Waals surface area contributed by atoms with Crippen molar-refractivity contribution >= 4 is 17.8 Å². The van der Waals surface area contributed by atoms with E-state index in [1.54, 1.807) is 6.92 Å². The Hall–Kier alpha value is -3.19. The summed E-state index contributed by atoms with van der Waals surface area (Å²) in [5, 5.41) is 2.71. The molecule has 2 aromatic rings. The molecule has 2 aromatic carbocycles. The van der Waals surface area contributed by atoms with Gasteiger partial charge in [0.2, 0.25) is 5.91 Å². The van der Waals surface area contributed by atoms with Crippen molar-refractivity contribution in [3.8, 4) is 0 Å². The van der Waals surface area contributed by atoms with Gasteiger partial charge in [-0.15, -0.1) is 0 Å². The van der Waals surface area contributed by atoms with Crippen LogP contribution in [0.2, 0.25) is 0 Å². The van der Waals surface area contributed by atoms with Crippen LogP contribution in [0.25, 0.3) is 0 Å². The second-order valence-corrected chi connectivity index (χ2v) is 7.93. The largest absolute Gasteiger partial charge is 0.464 e. The fraction of sp³-hybridized carbons (Fsp3) is 0.400. The van der Waals surface area contributed by atoms with E-state index >= 15 is 0 Å². The molecule has 2 amide bonds. The number of rotatable bonds is 12. The van der Waals surface area contributed by atoms with E-state index in [1.165, 1.54) is 0 Å². The summed E-state index contributed by atoms with van der Waals surface area (Å²) in [6.45, 7) is 5.99. The van der Waals surface area contributed by atoms with Crippen LogP contribution in [-0.4, -0.2) is 30.4 Å². The highest BCUT2D eigenvalue weighted by Gasteiger charge is 2.31. The number of amides is 2. The summed E-state index contributed by atoms with van der Waals surface area (Å²) >= 11 is 0. The molecule has 0 radical (unpaired) electrons. The molecular formula is C25H32N2O5. The average molecular weight is 441 g/mol. The second-order valence-electron chi connectivity index (χ2n) is 7.93. The van der Waals surface area contributed by atoms with Gasteiger partial charge in [-0.3, -0.25) is 14.4 Å². The van der Waals surface area contributed by atoms with Crippen molar-refractivity contribution in [2.24, 2.45) is 11.8 Å². The Morgan fingerprint density at radius 1 is 0.875 bits per heavy atom. The smallest absolute Gasteiger partial charge is 0.328 e. The lowest BCUT2D eigenvalue weighted by Crippen LogP contribution is -2.49. The fourth-order valence-electron chi connectivity index (χ4n) is 3.19. The molecule has 0 aliphatic carbocycles. The number of ether oxygens (including phenoxy) is 1. The summed E-state index contributed by atoms with van der Waals surface area (Å²) in [5.74, 6) is -2.55. The highest BCUT2D eigenvalue weighted by molar-refractivity contribution is 6.01. The van der Waals surface area contributed by atoms with E-state index < -0.39 is 29.7 Å². The maximum absolute atomic E-state index is 13.1. The van der Waals surface area contributed by atoms with Gasteiger partial charge in [0.05, 0.1) is 13.2 Å². The van der Waals surface area contributed by atoms with Gasteiger partial charge < -0.3 is 10.1 Å². The minimum absolute atomic E-state index is 0.153. The molecular weight excluding hydrogens is 408 g/mol. The van der Waals surface area contributed by atoms with Crippen molar-refractivity contribution in [2.45, 2.75) is 46.3 Å². The molecule has 2 N–H and O–H groups in total. The first kappa shape index (κ1) is 25.1. The average Bonchev–Trinajstić information content (AvgIpc) is 2.78. The van der Waals surface area contributed by atoms with Crippen molar-refractivity contribution in [1.29, 1.82) is 0 Å². The molecule has 0 bridgehead atoms. The lowest BCUT2D eigenvalue weighted by Gasteiger charge is -2.22. The molecule has 0 heterocycles. The van der Waals surface area contributed by atoms with Gasteiger partial charge >= 0.3 is 5.97 Å². The summed E-state index contributed by atoms with van der Waals surface area (Å²) in [7, 11) is 0. The number of esters is 1. The van der Waals surface area contributed by atoms with Crippen LogP contribution >= 0.6 is 0 Å². The maximum atomic E-state index is 13.1. The molecule has 1 unspecified atom stereocenters. The van der Waals surface area contributed by atoms with Crippen LogP contribution in [0.4, 0.5) is 0 Å². The van der Waals surface area contributed by atoms with Crippen LogP contribution in [-0.2, 0) is 37.0 Å². The highest BCUT2D eigenvalue weighted by atomic mass is 16.6. The molecule has 0 saturated carbocycles. The van der Waals surface area contributed by atoms with Crippen LogP contribution in [0.15, 0.2) is 60.7 Å². The van der Waals surface area contributed by atoms with Crippen LogP contribution in [0, 0.1) is 11.8 Å². The van der Waals surface area contributed by atoms with Gasteiger partial charge in [-0.05, 0) is 36.8 Å². The van der Waals surface area contributed by atoms with Gasteiger partial charge in [0.25, 0.3) is 5.91 Å². The monoisotopic (exact) mass is 440 g/mol. The van der Waals surface area contributed by atoms with Crippen LogP contribution < -0.4 is 10.8 Å². The van der Waals surface area contributed by atoms with E-state index in [4.69, 9.17) is 9.57 Å². The Balaban J connectivity index is 2.10. The highest BCUT2D eigenvalue weighted by Crippen LogP contribution is 2.13. The third-order valence-electron chi connectivity index (χ3n) is 4.76. The Morgan fingerprint density at radius 3 is 2.03 bits per heavy atom. The summed E-state index contributed by atoms with van der Waals surface area (Å²) in [5.41, 5.74) is 4.09. The van der Waals surface area contributed by atoms with Gasteiger partial charge in [-0.2, -0.15) is 0 Å². The minimum Gasteiger partial charge on any atom is -0.464 e. The lowest BCUT2D eigenvalue weighted by atomic mass is 9.96. The molecule has 7 heteroatoms. The van der Waals surface area contributed by atoms with Crippen molar-refractivity contribution in [1.82, 2.24) is 10.8 Å². The minimum atomic E-state index is -1.07. The number of nitrogens with one attached hydrogen (secondary N) is 2. The van der Waals surface area contributed by atoms with E-state index in [0.29, 0.717) is 6.42 Å². The summed E-state index contributed by atoms with van der Waals surface area (Å²) in [6, 6.07) is 17.8.